The van der Waals surface area contributed by atoms with Crippen LogP contribution in [0.1, 0.15) is 12.5 Å². The Morgan fingerprint density at radius 1 is 1.47 bits per heavy atom. The predicted octanol–water partition coefficient (Wildman–Crippen LogP) is 3.59. The van der Waals surface area contributed by atoms with Crippen molar-refractivity contribution in [2.24, 2.45) is 0 Å². The maximum absolute atomic E-state index is 6.20. The fourth-order valence-corrected chi connectivity index (χ4v) is 2.57. The summed E-state index contributed by atoms with van der Waals surface area (Å²) in [5, 5.41) is 4.67. The van der Waals surface area contributed by atoms with Crippen molar-refractivity contribution in [2.75, 3.05) is 6.54 Å². The van der Waals surface area contributed by atoms with Crippen molar-refractivity contribution >= 4 is 23.4 Å². The van der Waals surface area contributed by atoms with Crippen LogP contribution < -0.4 is 5.32 Å². The predicted molar refractivity (Wildman–Crippen MR) is 69.5 cm³/mol. The van der Waals surface area contributed by atoms with Crippen LogP contribution in [0, 0.1) is 0 Å². The maximum Gasteiger partial charge on any atom is 0.260 e. The molecule has 0 amide bonds. The van der Waals surface area contributed by atoms with Crippen molar-refractivity contribution in [1.29, 1.82) is 0 Å². The van der Waals surface area contributed by atoms with E-state index in [1.165, 1.54) is 11.8 Å². The fraction of sp³-hybridized carbons (Fsp3) is 0.250. The number of nitrogens with zero attached hydrogens (tertiary/aromatic N) is 1. The van der Waals surface area contributed by atoms with Gasteiger partial charge in [0.25, 0.3) is 5.22 Å². The van der Waals surface area contributed by atoms with Gasteiger partial charge in [-0.05, 0) is 36.0 Å². The lowest BCUT2D eigenvalue weighted by Gasteiger charge is -2.09. The van der Waals surface area contributed by atoms with E-state index in [9.17, 15) is 0 Å². The van der Waals surface area contributed by atoms with Crippen LogP contribution >= 0.6 is 23.4 Å². The average molecular weight is 269 g/mol. The van der Waals surface area contributed by atoms with E-state index in [2.05, 4.69) is 17.2 Å². The second-order valence-electron chi connectivity index (χ2n) is 3.40. The molecule has 1 aromatic heterocycles. The minimum absolute atomic E-state index is 0.630. The van der Waals surface area contributed by atoms with E-state index in [-0.39, 0.29) is 0 Å². The molecule has 0 aliphatic rings. The molecule has 0 bridgehead atoms. The molecule has 2 rings (SSSR count). The van der Waals surface area contributed by atoms with Crippen LogP contribution in [0.15, 0.2) is 45.2 Å². The summed E-state index contributed by atoms with van der Waals surface area (Å²) in [4.78, 5) is 5.17. The zero-order valence-corrected chi connectivity index (χ0v) is 11.0. The van der Waals surface area contributed by atoms with Gasteiger partial charge in [0.05, 0.1) is 6.20 Å². The first-order chi connectivity index (χ1) is 8.31. The highest BCUT2D eigenvalue weighted by atomic mass is 35.5. The fourth-order valence-electron chi connectivity index (χ4n) is 1.41. The summed E-state index contributed by atoms with van der Waals surface area (Å²) in [7, 11) is 0. The van der Waals surface area contributed by atoms with Crippen molar-refractivity contribution in [3.8, 4) is 0 Å². The molecule has 0 aliphatic carbocycles. The van der Waals surface area contributed by atoms with Gasteiger partial charge in [0.2, 0.25) is 0 Å². The largest absolute Gasteiger partial charge is 0.440 e. The van der Waals surface area contributed by atoms with Gasteiger partial charge in [-0.1, -0.05) is 24.6 Å². The normalized spacial score (nSPS) is 10.7. The smallest absolute Gasteiger partial charge is 0.260 e. The molecule has 3 nitrogen and oxygen atoms in total. The molecule has 5 heteroatoms. The van der Waals surface area contributed by atoms with Crippen LogP contribution in [0.25, 0.3) is 0 Å². The van der Waals surface area contributed by atoms with E-state index in [1.54, 1.807) is 12.5 Å². The van der Waals surface area contributed by atoms with Gasteiger partial charge in [-0.25, -0.2) is 4.98 Å². The van der Waals surface area contributed by atoms with Gasteiger partial charge in [-0.2, -0.15) is 0 Å². The first-order valence-corrected chi connectivity index (χ1v) is 6.56. The Morgan fingerprint density at radius 2 is 2.35 bits per heavy atom. The highest BCUT2D eigenvalue weighted by Gasteiger charge is 2.10. The third kappa shape index (κ3) is 3.25. The summed E-state index contributed by atoms with van der Waals surface area (Å²) in [5.41, 5.74) is 1.08. The molecule has 0 aliphatic heterocycles. The van der Waals surface area contributed by atoms with Gasteiger partial charge in [0.1, 0.15) is 6.26 Å². The zero-order valence-electron chi connectivity index (χ0n) is 9.44. The highest BCUT2D eigenvalue weighted by Crippen LogP contribution is 2.32. The minimum atomic E-state index is 0.630. The van der Waals surface area contributed by atoms with E-state index in [0.29, 0.717) is 5.22 Å². The van der Waals surface area contributed by atoms with Gasteiger partial charge in [0.15, 0.2) is 0 Å². The lowest BCUT2D eigenvalue weighted by molar-refractivity contribution is 0.454. The number of rotatable bonds is 5. The lowest BCUT2D eigenvalue weighted by Crippen LogP contribution is -2.12. The number of nitrogens with one attached hydrogen (secondary N) is 1. The standard InChI is InChI=1S/C12H13ClN2OS/c1-2-14-8-9-10(13)4-3-5-11(9)17-12-15-6-7-16-12/h3-7,14H,2,8H2,1H3. The Labute approximate surface area is 110 Å². The Hall–Kier alpha value is -0.970. The van der Waals surface area contributed by atoms with E-state index < -0.39 is 0 Å². The quantitative estimate of drug-likeness (QED) is 0.899. The summed E-state index contributed by atoms with van der Waals surface area (Å²) in [6.07, 6.45) is 3.20. The van der Waals surface area contributed by atoms with E-state index >= 15 is 0 Å². The topological polar surface area (TPSA) is 38.1 Å². The molecule has 0 saturated heterocycles. The third-order valence-electron chi connectivity index (χ3n) is 2.23. The van der Waals surface area contributed by atoms with Crippen LogP contribution in [-0.4, -0.2) is 11.5 Å². The molecule has 0 spiro atoms. The molecule has 1 heterocycles. The van der Waals surface area contributed by atoms with Crippen LogP contribution in [0.2, 0.25) is 5.02 Å². The lowest BCUT2D eigenvalue weighted by atomic mass is 10.2. The molecule has 1 N–H and O–H groups in total. The Bertz CT molecular complexity index is 473. The number of hydrogen-bond donors (Lipinski definition) is 1. The Kier molecular flexibility index (Phi) is 4.48. The van der Waals surface area contributed by atoms with Crippen LogP contribution in [0.3, 0.4) is 0 Å². The second kappa shape index (κ2) is 6.10. The third-order valence-corrected chi connectivity index (χ3v) is 3.57. The van der Waals surface area contributed by atoms with Crippen LogP contribution in [-0.2, 0) is 6.54 Å². The highest BCUT2D eigenvalue weighted by molar-refractivity contribution is 7.99. The molecule has 90 valence electrons. The molecule has 2 aromatic rings. The molecular formula is C12H13ClN2OS. The summed E-state index contributed by atoms with van der Waals surface area (Å²) in [6.45, 7) is 3.73. The van der Waals surface area contributed by atoms with Gasteiger partial charge in [-0.3, -0.25) is 0 Å². The Morgan fingerprint density at radius 3 is 3.06 bits per heavy atom. The molecular weight excluding hydrogens is 256 g/mol. The van der Waals surface area contributed by atoms with Crippen LogP contribution in [0.5, 0.6) is 0 Å². The number of halogens is 1. The summed E-state index contributed by atoms with van der Waals surface area (Å²) >= 11 is 7.68. The van der Waals surface area contributed by atoms with Crippen molar-refractivity contribution in [1.82, 2.24) is 10.3 Å². The number of oxazole rings is 1. The van der Waals surface area contributed by atoms with E-state index in [4.69, 9.17) is 16.0 Å². The molecule has 17 heavy (non-hydrogen) atoms. The molecule has 1 aromatic carbocycles. The molecule has 0 radical (unpaired) electrons. The first kappa shape index (κ1) is 12.5. The van der Waals surface area contributed by atoms with Crippen LogP contribution in [0.4, 0.5) is 0 Å². The van der Waals surface area contributed by atoms with Crippen molar-refractivity contribution in [3.63, 3.8) is 0 Å². The van der Waals surface area contributed by atoms with Gasteiger partial charge in [0, 0.05) is 16.5 Å². The monoisotopic (exact) mass is 268 g/mol. The molecule has 0 unspecified atom stereocenters. The zero-order chi connectivity index (χ0) is 12.1. The summed E-state index contributed by atoms with van der Waals surface area (Å²) in [5.74, 6) is 0. The summed E-state index contributed by atoms with van der Waals surface area (Å²) < 4.78 is 5.23. The van der Waals surface area contributed by atoms with Gasteiger partial charge < -0.3 is 9.73 Å². The van der Waals surface area contributed by atoms with Gasteiger partial charge >= 0.3 is 0 Å². The van der Waals surface area contributed by atoms with Crippen molar-refractivity contribution < 1.29 is 4.42 Å². The Balaban J connectivity index is 2.23. The molecule has 0 fully saturated rings. The van der Waals surface area contributed by atoms with E-state index in [1.807, 2.05) is 18.2 Å². The van der Waals surface area contributed by atoms with Crippen molar-refractivity contribution in [2.45, 2.75) is 23.6 Å². The second-order valence-corrected chi connectivity index (χ2v) is 4.80. The SMILES string of the molecule is CCNCc1c(Cl)cccc1Sc1ncco1. The summed E-state index contributed by atoms with van der Waals surface area (Å²) in [6, 6.07) is 5.85. The maximum atomic E-state index is 6.20. The van der Waals surface area contributed by atoms with Gasteiger partial charge in [-0.15, -0.1) is 0 Å². The van der Waals surface area contributed by atoms with Crippen molar-refractivity contribution in [3.05, 3.63) is 41.2 Å². The number of benzene rings is 1. The number of aromatic nitrogens is 1. The molecule has 0 atom stereocenters. The number of hydrogen-bond acceptors (Lipinski definition) is 4. The first-order valence-electron chi connectivity index (χ1n) is 5.36. The minimum Gasteiger partial charge on any atom is -0.440 e. The van der Waals surface area contributed by atoms with E-state index in [0.717, 1.165) is 28.6 Å². The average Bonchev–Trinajstić information content (AvgIpc) is 2.81. The molecule has 0 saturated carbocycles.